The van der Waals surface area contributed by atoms with Crippen LogP contribution >= 0.6 is 0 Å². The van der Waals surface area contributed by atoms with Gasteiger partial charge in [-0.15, -0.1) is 0 Å². The second-order valence-corrected chi connectivity index (χ2v) is 7.10. The molecule has 1 fully saturated rings. The number of nitrogens with one attached hydrogen (secondary N) is 1. The van der Waals surface area contributed by atoms with Crippen molar-refractivity contribution in [2.45, 2.75) is 63.7 Å². The summed E-state index contributed by atoms with van der Waals surface area (Å²) < 4.78 is 24.3. The van der Waals surface area contributed by atoms with Crippen LogP contribution in [-0.4, -0.2) is 32.0 Å². The van der Waals surface area contributed by atoms with E-state index in [1.54, 1.807) is 0 Å². The topological polar surface area (TPSA) is 46.2 Å². The Morgan fingerprint density at radius 3 is 2.38 bits per heavy atom. The molecule has 0 aromatic heterocycles. The van der Waals surface area contributed by atoms with Gasteiger partial charge in [0.2, 0.25) is 0 Å². The first-order chi connectivity index (χ1) is 7.60. The van der Waals surface area contributed by atoms with Crippen LogP contribution in [0.1, 0.15) is 52.4 Å². The van der Waals surface area contributed by atoms with Gasteiger partial charge >= 0.3 is 0 Å². The number of hydrogen-bond acceptors (Lipinski definition) is 3. The molecule has 0 aromatic carbocycles. The minimum Gasteiger partial charge on any atom is -0.313 e. The fraction of sp³-hybridized carbons (Fsp3) is 1.00. The maximum Gasteiger partial charge on any atom is 0.154 e. The first-order valence-corrected chi connectivity index (χ1v) is 8.26. The van der Waals surface area contributed by atoms with E-state index in [2.05, 4.69) is 12.2 Å². The minimum atomic E-state index is -2.87. The largest absolute Gasteiger partial charge is 0.313 e. The summed E-state index contributed by atoms with van der Waals surface area (Å²) in [5.41, 5.74) is 0. The second kappa shape index (κ2) is 6.60. The van der Waals surface area contributed by atoms with Gasteiger partial charge < -0.3 is 5.32 Å². The first-order valence-electron chi connectivity index (χ1n) is 6.55. The van der Waals surface area contributed by atoms with E-state index in [1.165, 1.54) is 0 Å². The molecule has 0 aromatic rings. The molecule has 1 atom stereocenters. The van der Waals surface area contributed by atoms with Gasteiger partial charge in [0.05, 0.1) is 11.0 Å². The summed E-state index contributed by atoms with van der Waals surface area (Å²) >= 11 is 0. The van der Waals surface area contributed by atoms with Crippen molar-refractivity contribution in [2.75, 3.05) is 12.3 Å². The van der Waals surface area contributed by atoms with Crippen molar-refractivity contribution in [1.82, 2.24) is 5.32 Å². The predicted octanol–water partition coefficient (Wildman–Crippen LogP) is 2.12. The van der Waals surface area contributed by atoms with Gasteiger partial charge in [-0.25, -0.2) is 8.42 Å². The predicted molar refractivity (Wildman–Crippen MR) is 68.4 cm³/mol. The van der Waals surface area contributed by atoms with E-state index in [0.29, 0.717) is 5.75 Å². The average molecular weight is 247 g/mol. The Kier molecular flexibility index (Phi) is 5.76. The highest BCUT2D eigenvalue weighted by molar-refractivity contribution is 7.92. The lowest BCUT2D eigenvalue weighted by Gasteiger charge is -2.19. The summed E-state index contributed by atoms with van der Waals surface area (Å²) in [4.78, 5) is 0. The van der Waals surface area contributed by atoms with E-state index in [4.69, 9.17) is 0 Å². The third-order valence-corrected chi connectivity index (χ3v) is 5.73. The highest BCUT2D eigenvalue weighted by atomic mass is 32.2. The average Bonchev–Trinajstić information content (AvgIpc) is 2.71. The van der Waals surface area contributed by atoms with Crippen molar-refractivity contribution in [1.29, 1.82) is 0 Å². The molecule has 96 valence electrons. The number of rotatable bonds is 7. The van der Waals surface area contributed by atoms with E-state index in [9.17, 15) is 8.42 Å². The van der Waals surface area contributed by atoms with Crippen molar-refractivity contribution in [3.8, 4) is 0 Å². The summed E-state index contributed by atoms with van der Waals surface area (Å²) in [6.07, 6.45) is 5.94. The van der Waals surface area contributed by atoms with Gasteiger partial charge in [0, 0.05) is 6.04 Å². The molecule has 0 saturated heterocycles. The Balaban J connectivity index is 2.54. The lowest BCUT2D eigenvalue weighted by Crippen LogP contribution is -2.38. The molecule has 1 aliphatic rings. The van der Waals surface area contributed by atoms with Crippen LogP contribution in [0.4, 0.5) is 0 Å². The highest BCUT2D eigenvalue weighted by Gasteiger charge is 2.30. The minimum absolute atomic E-state index is 0.0505. The molecule has 0 amide bonds. The molecule has 4 heteroatoms. The zero-order valence-electron chi connectivity index (χ0n) is 10.5. The molecule has 3 nitrogen and oxygen atoms in total. The van der Waals surface area contributed by atoms with Crippen LogP contribution < -0.4 is 5.32 Å². The van der Waals surface area contributed by atoms with Crippen LogP contribution in [0, 0.1) is 0 Å². The van der Waals surface area contributed by atoms with Crippen molar-refractivity contribution >= 4 is 9.84 Å². The molecule has 1 aliphatic carbocycles. The molecule has 0 bridgehead atoms. The van der Waals surface area contributed by atoms with Crippen molar-refractivity contribution in [3.05, 3.63) is 0 Å². The lowest BCUT2D eigenvalue weighted by molar-refractivity contribution is 0.508. The molecule has 1 N–H and O–H groups in total. The van der Waals surface area contributed by atoms with Gasteiger partial charge in [-0.05, 0) is 25.8 Å². The third-order valence-electron chi connectivity index (χ3n) is 3.37. The first kappa shape index (κ1) is 14.0. The van der Waals surface area contributed by atoms with Crippen LogP contribution in [0.15, 0.2) is 0 Å². The molecule has 1 saturated carbocycles. The zero-order chi connectivity index (χ0) is 12.0. The summed E-state index contributed by atoms with van der Waals surface area (Å²) in [7, 11) is -2.87. The van der Waals surface area contributed by atoms with E-state index in [1.807, 2.05) is 6.92 Å². The Labute approximate surface area is 99.9 Å². The monoisotopic (exact) mass is 247 g/mol. The van der Waals surface area contributed by atoms with E-state index < -0.39 is 9.84 Å². The molecule has 16 heavy (non-hydrogen) atoms. The summed E-state index contributed by atoms with van der Waals surface area (Å²) in [5, 5.41) is 3.23. The number of hydrogen-bond donors (Lipinski definition) is 1. The molecule has 0 heterocycles. The van der Waals surface area contributed by atoms with Crippen LogP contribution in [0.3, 0.4) is 0 Å². The second-order valence-electron chi connectivity index (χ2n) is 4.78. The Morgan fingerprint density at radius 2 is 1.88 bits per heavy atom. The van der Waals surface area contributed by atoms with Gasteiger partial charge in [0.15, 0.2) is 9.84 Å². The molecule has 1 rings (SSSR count). The highest BCUT2D eigenvalue weighted by Crippen LogP contribution is 2.25. The molecule has 0 aliphatic heterocycles. The third kappa shape index (κ3) is 4.06. The van der Waals surface area contributed by atoms with Gasteiger partial charge in [0.25, 0.3) is 0 Å². The Morgan fingerprint density at radius 1 is 1.25 bits per heavy atom. The van der Waals surface area contributed by atoms with E-state index in [0.717, 1.165) is 45.1 Å². The maximum absolute atomic E-state index is 12.2. The van der Waals surface area contributed by atoms with Crippen LogP contribution in [0.25, 0.3) is 0 Å². The normalized spacial score (nSPS) is 20.1. The summed E-state index contributed by atoms with van der Waals surface area (Å²) in [6, 6.07) is 0.153. The standard InChI is InChI=1S/C12H25NO2S/c1-3-7-11(13-4-2)10-16(14,15)12-8-5-6-9-12/h11-13H,3-10H2,1-2H3. The van der Waals surface area contributed by atoms with E-state index >= 15 is 0 Å². The molecular formula is C12H25NO2S. The van der Waals surface area contributed by atoms with Crippen LogP contribution in [0.2, 0.25) is 0 Å². The van der Waals surface area contributed by atoms with Gasteiger partial charge in [-0.2, -0.15) is 0 Å². The quantitative estimate of drug-likeness (QED) is 0.749. The maximum atomic E-state index is 12.2. The summed E-state index contributed by atoms with van der Waals surface area (Å²) in [5.74, 6) is 0.333. The molecule has 0 spiro atoms. The number of sulfone groups is 1. The van der Waals surface area contributed by atoms with Crippen LogP contribution in [0.5, 0.6) is 0 Å². The zero-order valence-corrected chi connectivity index (χ0v) is 11.4. The van der Waals surface area contributed by atoms with Gasteiger partial charge in [0.1, 0.15) is 0 Å². The molecule has 0 radical (unpaired) electrons. The fourth-order valence-corrected chi connectivity index (χ4v) is 4.71. The summed E-state index contributed by atoms with van der Waals surface area (Å²) in [6.45, 7) is 4.99. The van der Waals surface area contributed by atoms with Crippen molar-refractivity contribution in [2.24, 2.45) is 0 Å². The Hall–Kier alpha value is -0.0900. The molecule has 1 unspecified atom stereocenters. The molecular weight excluding hydrogens is 222 g/mol. The van der Waals surface area contributed by atoms with Crippen molar-refractivity contribution in [3.63, 3.8) is 0 Å². The SMILES string of the molecule is CCCC(CS(=O)(=O)C1CCCC1)NCC. The van der Waals surface area contributed by atoms with Crippen LogP contribution in [-0.2, 0) is 9.84 Å². The smallest absolute Gasteiger partial charge is 0.154 e. The van der Waals surface area contributed by atoms with Gasteiger partial charge in [-0.1, -0.05) is 33.1 Å². The van der Waals surface area contributed by atoms with E-state index in [-0.39, 0.29) is 11.3 Å². The Bertz CT molecular complexity index is 275. The lowest BCUT2D eigenvalue weighted by atomic mass is 10.2. The van der Waals surface area contributed by atoms with Gasteiger partial charge in [-0.3, -0.25) is 0 Å². The van der Waals surface area contributed by atoms with Crippen molar-refractivity contribution < 1.29 is 8.42 Å². The fourth-order valence-electron chi connectivity index (χ4n) is 2.55.